The number of amides is 3. The highest BCUT2D eigenvalue weighted by atomic mass is 32.1. The van der Waals surface area contributed by atoms with Crippen molar-refractivity contribution in [1.82, 2.24) is 21.2 Å². The Morgan fingerprint density at radius 2 is 1.86 bits per heavy atom. The molecule has 3 amide bonds. The summed E-state index contributed by atoms with van der Waals surface area (Å²) >= 11 is 1.34. The van der Waals surface area contributed by atoms with Crippen molar-refractivity contribution < 1.29 is 18.8 Å². The van der Waals surface area contributed by atoms with Crippen molar-refractivity contribution in [3.8, 4) is 10.6 Å². The fraction of sp³-hybridized carbons (Fsp3) is 0.158. The second-order valence-electron chi connectivity index (χ2n) is 5.75. The van der Waals surface area contributed by atoms with Crippen LogP contribution in [0.5, 0.6) is 0 Å². The molecule has 3 N–H and O–H groups in total. The van der Waals surface area contributed by atoms with Crippen molar-refractivity contribution in [2.45, 2.75) is 13.3 Å². The van der Waals surface area contributed by atoms with Gasteiger partial charge in [-0.05, 0) is 24.1 Å². The van der Waals surface area contributed by atoms with Gasteiger partial charge in [0.25, 0.3) is 17.7 Å². The van der Waals surface area contributed by atoms with E-state index in [1.165, 1.54) is 29.2 Å². The number of nitrogens with one attached hydrogen (secondary N) is 3. The van der Waals surface area contributed by atoms with Crippen LogP contribution in [0.25, 0.3) is 10.6 Å². The molecule has 28 heavy (non-hydrogen) atoms. The molecule has 3 rings (SSSR count). The minimum atomic E-state index is -0.584. The number of thiazole rings is 1. The van der Waals surface area contributed by atoms with Crippen molar-refractivity contribution in [1.29, 1.82) is 0 Å². The molecule has 0 saturated carbocycles. The Kier molecular flexibility index (Phi) is 6.18. The highest BCUT2D eigenvalue weighted by Crippen LogP contribution is 2.24. The van der Waals surface area contributed by atoms with Gasteiger partial charge in [-0.3, -0.25) is 25.2 Å². The standard InChI is InChI=1S/C19H18N4O4S/c1-2-12-5-7-13(8-6-12)19-21-14(11-28-19)17(25)23-22-16(24)10-20-18(26)15-4-3-9-27-15/h3-9,11H,2,10H2,1H3,(H,20,26)(H,22,24)(H,23,25). The number of rotatable bonds is 6. The number of benzene rings is 1. The smallest absolute Gasteiger partial charge is 0.289 e. The summed E-state index contributed by atoms with van der Waals surface area (Å²) in [6, 6.07) is 11.0. The number of hydrogen-bond acceptors (Lipinski definition) is 6. The quantitative estimate of drug-likeness (QED) is 0.551. The summed E-state index contributed by atoms with van der Waals surface area (Å²) < 4.78 is 4.91. The lowest BCUT2D eigenvalue weighted by molar-refractivity contribution is -0.120. The molecule has 0 aliphatic rings. The molecular formula is C19H18N4O4S. The van der Waals surface area contributed by atoms with E-state index >= 15 is 0 Å². The average Bonchev–Trinajstić information content (AvgIpc) is 3.42. The number of aryl methyl sites for hydroxylation is 1. The van der Waals surface area contributed by atoms with Crippen LogP contribution in [0.1, 0.15) is 33.5 Å². The Labute approximate surface area is 164 Å². The first kappa shape index (κ1) is 19.3. The largest absolute Gasteiger partial charge is 0.459 e. The van der Waals surface area contributed by atoms with Crippen LogP contribution in [-0.2, 0) is 11.2 Å². The van der Waals surface area contributed by atoms with Crippen LogP contribution < -0.4 is 16.2 Å². The number of nitrogens with zero attached hydrogens (tertiary/aromatic N) is 1. The summed E-state index contributed by atoms with van der Waals surface area (Å²) in [6.07, 6.45) is 2.31. The minimum absolute atomic E-state index is 0.0961. The first-order valence-corrected chi connectivity index (χ1v) is 9.40. The van der Waals surface area contributed by atoms with Crippen LogP contribution in [0, 0.1) is 0 Å². The second-order valence-corrected chi connectivity index (χ2v) is 6.61. The average molecular weight is 398 g/mol. The maximum absolute atomic E-state index is 12.1. The number of carbonyl (C=O) groups is 3. The van der Waals surface area contributed by atoms with Gasteiger partial charge in [0.1, 0.15) is 10.7 Å². The van der Waals surface area contributed by atoms with Gasteiger partial charge in [0.05, 0.1) is 12.8 Å². The molecule has 0 spiro atoms. The predicted octanol–water partition coefficient (Wildman–Crippen LogP) is 2.16. The van der Waals surface area contributed by atoms with Crippen LogP contribution >= 0.6 is 11.3 Å². The first-order chi connectivity index (χ1) is 13.6. The van der Waals surface area contributed by atoms with Crippen LogP contribution in [0.4, 0.5) is 0 Å². The molecule has 3 aromatic rings. The lowest BCUT2D eigenvalue weighted by Gasteiger charge is -2.06. The SMILES string of the molecule is CCc1ccc(-c2nc(C(=O)NNC(=O)CNC(=O)c3ccco3)cs2)cc1. The predicted molar refractivity (Wildman–Crippen MR) is 104 cm³/mol. The molecule has 0 saturated heterocycles. The molecular weight excluding hydrogens is 380 g/mol. The third kappa shape index (κ3) is 4.83. The van der Waals surface area contributed by atoms with E-state index in [4.69, 9.17) is 4.42 Å². The summed E-state index contributed by atoms with van der Waals surface area (Å²) in [5.74, 6) is -1.55. The van der Waals surface area contributed by atoms with Gasteiger partial charge in [0.15, 0.2) is 5.76 Å². The molecule has 144 valence electrons. The summed E-state index contributed by atoms with van der Waals surface area (Å²) in [7, 11) is 0. The number of carbonyl (C=O) groups excluding carboxylic acids is 3. The molecule has 0 radical (unpaired) electrons. The van der Waals surface area contributed by atoms with Crippen molar-refractivity contribution in [3.63, 3.8) is 0 Å². The van der Waals surface area contributed by atoms with E-state index < -0.39 is 17.7 Å². The maximum atomic E-state index is 12.1. The third-order valence-electron chi connectivity index (χ3n) is 3.82. The summed E-state index contributed by atoms with van der Waals surface area (Å²) in [5, 5.41) is 4.70. The van der Waals surface area contributed by atoms with Gasteiger partial charge in [-0.25, -0.2) is 4.98 Å². The molecule has 0 aliphatic heterocycles. The van der Waals surface area contributed by atoms with Gasteiger partial charge >= 0.3 is 0 Å². The molecule has 0 fully saturated rings. The highest BCUT2D eigenvalue weighted by Gasteiger charge is 2.14. The molecule has 2 aromatic heterocycles. The molecule has 0 unspecified atom stereocenters. The van der Waals surface area contributed by atoms with E-state index in [1.807, 2.05) is 24.3 Å². The molecule has 2 heterocycles. The molecule has 8 nitrogen and oxygen atoms in total. The minimum Gasteiger partial charge on any atom is -0.459 e. The third-order valence-corrected chi connectivity index (χ3v) is 4.71. The van der Waals surface area contributed by atoms with Gasteiger partial charge in [-0.2, -0.15) is 0 Å². The molecule has 0 aliphatic carbocycles. The monoisotopic (exact) mass is 398 g/mol. The maximum Gasteiger partial charge on any atom is 0.289 e. The van der Waals surface area contributed by atoms with E-state index in [1.54, 1.807) is 11.4 Å². The Balaban J connectivity index is 1.48. The fourth-order valence-electron chi connectivity index (χ4n) is 2.28. The summed E-state index contributed by atoms with van der Waals surface area (Å²) in [4.78, 5) is 39.8. The summed E-state index contributed by atoms with van der Waals surface area (Å²) in [6.45, 7) is 1.77. The van der Waals surface area contributed by atoms with Crippen molar-refractivity contribution in [2.75, 3.05) is 6.54 Å². The van der Waals surface area contributed by atoms with Gasteiger partial charge in [0, 0.05) is 10.9 Å². The topological polar surface area (TPSA) is 113 Å². The number of hydrogen-bond donors (Lipinski definition) is 3. The second kappa shape index (κ2) is 8.96. The molecule has 9 heteroatoms. The van der Waals surface area contributed by atoms with Crippen molar-refractivity contribution in [3.05, 3.63) is 65.1 Å². The Bertz CT molecular complexity index is 964. The zero-order chi connectivity index (χ0) is 19.9. The lowest BCUT2D eigenvalue weighted by Crippen LogP contribution is -2.46. The number of aromatic nitrogens is 1. The zero-order valence-corrected chi connectivity index (χ0v) is 15.8. The van der Waals surface area contributed by atoms with Crippen molar-refractivity contribution in [2.24, 2.45) is 0 Å². The van der Waals surface area contributed by atoms with Gasteiger partial charge < -0.3 is 9.73 Å². The van der Waals surface area contributed by atoms with Gasteiger partial charge in [-0.15, -0.1) is 11.3 Å². The Morgan fingerprint density at radius 1 is 1.07 bits per heavy atom. The van der Waals surface area contributed by atoms with E-state index in [2.05, 4.69) is 28.1 Å². The Hall–Kier alpha value is -3.46. The number of furan rings is 1. The van der Waals surface area contributed by atoms with Gasteiger partial charge in [-0.1, -0.05) is 31.2 Å². The highest BCUT2D eigenvalue weighted by molar-refractivity contribution is 7.13. The van der Waals surface area contributed by atoms with E-state index in [0.717, 1.165) is 12.0 Å². The first-order valence-electron chi connectivity index (χ1n) is 8.52. The normalized spacial score (nSPS) is 10.3. The summed E-state index contributed by atoms with van der Waals surface area (Å²) in [5.41, 5.74) is 6.84. The number of hydrazine groups is 1. The van der Waals surface area contributed by atoms with Crippen molar-refractivity contribution >= 4 is 29.1 Å². The lowest BCUT2D eigenvalue weighted by atomic mass is 10.1. The van der Waals surface area contributed by atoms with E-state index in [-0.39, 0.29) is 18.0 Å². The van der Waals surface area contributed by atoms with Gasteiger partial charge in [0.2, 0.25) is 0 Å². The van der Waals surface area contributed by atoms with Crippen LogP contribution in [0.3, 0.4) is 0 Å². The van der Waals surface area contributed by atoms with E-state index in [9.17, 15) is 14.4 Å². The van der Waals surface area contributed by atoms with E-state index in [0.29, 0.717) is 5.01 Å². The van der Waals surface area contributed by atoms with Crippen LogP contribution in [0.15, 0.2) is 52.5 Å². The van der Waals surface area contributed by atoms with Crippen LogP contribution in [0.2, 0.25) is 0 Å². The molecule has 1 aromatic carbocycles. The fourth-order valence-corrected chi connectivity index (χ4v) is 3.09. The Morgan fingerprint density at radius 3 is 2.54 bits per heavy atom. The molecule has 0 atom stereocenters. The zero-order valence-electron chi connectivity index (χ0n) is 15.0. The van der Waals surface area contributed by atoms with Crippen LogP contribution in [-0.4, -0.2) is 29.3 Å². The molecule has 0 bridgehead atoms.